The number of pyridine rings is 1. The second-order valence-electron chi connectivity index (χ2n) is 5.29. The molecule has 3 rings (SSSR count). The predicted octanol–water partition coefficient (Wildman–Crippen LogP) is 0.0669. The zero-order valence-corrected chi connectivity index (χ0v) is 12.7. The largest absolute Gasteiger partial charge is 0.461 e. The number of fused-ring (bicyclic) bond motifs is 1. The van der Waals surface area contributed by atoms with Crippen LogP contribution in [0.5, 0.6) is 5.75 Å². The molecule has 1 saturated heterocycles. The highest BCUT2D eigenvalue weighted by Gasteiger charge is 2.44. The molecule has 2 aromatic rings. The number of hydrogen-bond donors (Lipinski definition) is 4. The summed E-state index contributed by atoms with van der Waals surface area (Å²) >= 11 is 5.92. The molecule has 1 aromatic carbocycles. The number of nitrogens with zero attached hydrogens (tertiary/aromatic N) is 1. The van der Waals surface area contributed by atoms with Gasteiger partial charge in [0.2, 0.25) is 6.29 Å². The molecule has 0 bridgehead atoms. The van der Waals surface area contributed by atoms with Gasteiger partial charge in [0.1, 0.15) is 30.2 Å². The molecule has 0 spiro atoms. The van der Waals surface area contributed by atoms with Gasteiger partial charge in [0.15, 0.2) is 0 Å². The van der Waals surface area contributed by atoms with E-state index >= 15 is 0 Å². The van der Waals surface area contributed by atoms with E-state index in [0.29, 0.717) is 21.7 Å². The molecule has 1 aliphatic rings. The van der Waals surface area contributed by atoms with Crippen molar-refractivity contribution in [2.45, 2.75) is 30.7 Å². The molecular formula is C15H16ClNO6. The monoisotopic (exact) mass is 341 g/mol. The van der Waals surface area contributed by atoms with Crippen LogP contribution in [0.4, 0.5) is 0 Å². The summed E-state index contributed by atoms with van der Waals surface area (Å²) in [5.41, 5.74) is 0.597. The Kier molecular flexibility index (Phi) is 4.67. The fraction of sp³-hybridized carbons (Fsp3) is 0.400. The van der Waals surface area contributed by atoms with Gasteiger partial charge in [-0.2, -0.15) is 0 Å². The SMILES string of the molecule is OC[C@H]1O[C@H](Oc2ccnc3cc(Cl)ccc23)[C@H](O)[C@@H](O)[C@@H]1O. The molecule has 8 heteroatoms. The van der Waals surface area contributed by atoms with Gasteiger partial charge in [0, 0.05) is 16.6 Å². The van der Waals surface area contributed by atoms with Crippen LogP contribution in [0.15, 0.2) is 30.5 Å². The van der Waals surface area contributed by atoms with Crippen LogP contribution in [-0.4, -0.2) is 62.7 Å². The summed E-state index contributed by atoms with van der Waals surface area (Å²) in [6.07, 6.45) is -5.15. The standard InChI is InChI=1S/C15H16ClNO6/c16-7-1-2-8-9(5-7)17-4-3-10(8)22-15-14(21)13(20)12(19)11(6-18)23-15/h1-5,11-15,18-21H,6H2/t11-,12-,13+,14-,15+/m1/s1. The number of benzene rings is 1. The molecule has 23 heavy (non-hydrogen) atoms. The maximum atomic E-state index is 10.0. The lowest BCUT2D eigenvalue weighted by Gasteiger charge is -2.39. The number of hydrogen-bond acceptors (Lipinski definition) is 7. The van der Waals surface area contributed by atoms with Crippen LogP contribution >= 0.6 is 11.6 Å². The van der Waals surface area contributed by atoms with Crippen molar-refractivity contribution in [2.24, 2.45) is 0 Å². The molecule has 2 heterocycles. The van der Waals surface area contributed by atoms with Crippen LogP contribution in [0.1, 0.15) is 0 Å². The van der Waals surface area contributed by atoms with Crippen LogP contribution in [-0.2, 0) is 4.74 Å². The Morgan fingerprint density at radius 1 is 1.13 bits per heavy atom. The molecule has 124 valence electrons. The van der Waals surface area contributed by atoms with Gasteiger partial charge in [-0.25, -0.2) is 0 Å². The average molecular weight is 342 g/mol. The van der Waals surface area contributed by atoms with Crippen LogP contribution in [0.25, 0.3) is 10.9 Å². The molecular weight excluding hydrogens is 326 g/mol. The van der Waals surface area contributed by atoms with Gasteiger partial charge in [-0.05, 0) is 24.3 Å². The fourth-order valence-electron chi connectivity index (χ4n) is 2.49. The Hall–Kier alpha value is -1.48. The maximum absolute atomic E-state index is 10.0. The van der Waals surface area contributed by atoms with Crippen molar-refractivity contribution in [2.75, 3.05) is 6.61 Å². The summed E-state index contributed by atoms with van der Waals surface area (Å²) in [6.45, 7) is -0.516. The summed E-state index contributed by atoms with van der Waals surface area (Å²) in [5, 5.41) is 39.9. The summed E-state index contributed by atoms with van der Waals surface area (Å²) in [5.74, 6) is 0.371. The van der Waals surface area contributed by atoms with Gasteiger partial charge in [0.05, 0.1) is 12.1 Å². The van der Waals surface area contributed by atoms with E-state index in [-0.39, 0.29) is 0 Å². The van der Waals surface area contributed by atoms with Crippen molar-refractivity contribution in [3.63, 3.8) is 0 Å². The maximum Gasteiger partial charge on any atom is 0.229 e. The second-order valence-corrected chi connectivity index (χ2v) is 5.72. The lowest BCUT2D eigenvalue weighted by atomic mass is 9.99. The van der Waals surface area contributed by atoms with E-state index in [1.807, 2.05) is 0 Å². The minimum Gasteiger partial charge on any atom is -0.461 e. The summed E-state index contributed by atoms with van der Waals surface area (Å²) in [6, 6.07) is 6.63. The van der Waals surface area contributed by atoms with Gasteiger partial charge in [0.25, 0.3) is 0 Å². The lowest BCUT2D eigenvalue weighted by Crippen LogP contribution is -2.60. The Bertz CT molecular complexity index is 697. The Balaban J connectivity index is 1.89. The quantitative estimate of drug-likeness (QED) is 0.625. The molecule has 1 fully saturated rings. The molecule has 4 N–H and O–H groups in total. The zero-order valence-electron chi connectivity index (χ0n) is 11.9. The van der Waals surface area contributed by atoms with E-state index < -0.39 is 37.3 Å². The number of aliphatic hydroxyl groups excluding tert-OH is 4. The number of halogens is 1. The highest BCUT2D eigenvalue weighted by Crippen LogP contribution is 2.30. The average Bonchev–Trinajstić information content (AvgIpc) is 2.55. The van der Waals surface area contributed by atoms with E-state index in [0.717, 1.165) is 0 Å². The van der Waals surface area contributed by atoms with Gasteiger partial charge >= 0.3 is 0 Å². The lowest BCUT2D eigenvalue weighted by molar-refractivity contribution is -0.277. The minimum absolute atomic E-state index is 0.371. The van der Waals surface area contributed by atoms with E-state index in [4.69, 9.17) is 21.1 Å². The van der Waals surface area contributed by atoms with Gasteiger partial charge in [-0.3, -0.25) is 4.98 Å². The van der Waals surface area contributed by atoms with Crippen LogP contribution in [0, 0.1) is 0 Å². The molecule has 0 amide bonds. The second kappa shape index (κ2) is 6.56. The highest BCUT2D eigenvalue weighted by atomic mass is 35.5. The van der Waals surface area contributed by atoms with Crippen LogP contribution in [0.2, 0.25) is 5.02 Å². The summed E-state index contributed by atoms with van der Waals surface area (Å²) in [7, 11) is 0. The molecule has 1 aliphatic heterocycles. The highest BCUT2D eigenvalue weighted by molar-refractivity contribution is 6.31. The van der Waals surface area contributed by atoms with Crippen molar-refractivity contribution in [1.82, 2.24) is 4.98 Å². The first-order chi connectivity index (χ1) is 11.0. The van der Waals surface area contributed by atoms with E-state index in [9.17, 15) is 20.4 Å². The van der Waals surface area contributed by atoms with Crippen LogP contribution < -0.4 is 4.74 Å². The van der Waals surface area contributed by atoms with Crippen molar-refractivity contribution >= 4 is 22.5 Å². The third kappa shape index (κ3) is 3.12. The summed E-state index contributed by atoms with van der Waals surface area (Å²) < 4.78 is 11.0. The topological polar surface area (TPSA) is 112 Å². The van der Waals surface area contributed by atoms with Crippen LogP contribution in [0.3, 0.4) is 0 Å². The summed E-state index contributed by atoms with van der Waals surface area (Å²) in [4.78, 5) is 4.18. The third-order valence-corrected chi connectivity index (χ3v) is 3.99. The van der Waals surface area contributed by atoms with Crippen molar-refractivity contribution in [3.8, 4) is 5.75 Å². The first-order valence-corrected chi connectivity index (χ1v) is 7.40. The molecule has 0 saturated carbocycles. The first kappa shape index (κ1) is 16.4. The molecule has 7 nitrogen and oxygen atoms in total. The first-order valence-electron chi connectivity index (χ1n) is 7.02. The zero-order chi connectivity index (χ0) is 16.6. The Labute approximate surface area is 136 Å². The number of rotatable bonds is 3. The number of aliphatic hydroxyl groups is 4. The Morgan fingerprint density at radius 3 is 2.65 bits per heavy atom. The minimum atomic E-state index is -1.49. The molecule has 0 radical (unpaired) electrons. The third-order valence-electron chi connectivity index (χ3n) is 3.76. The van der Waals surface area contributed by atoms with Crippen molar-refractivity contribution in [3.05, 3.63) is 35.5 Å². The van der Waals surface area contributed by atoms with Gasteiger partial charge in [-0.1, -0.05) is 11.6 Å². The van der Waals surface area contributed by atoms with E-state index in [2.05, 4.69) is 4.98 Å². The van der Waals surface area contributed by atoms with Gasteiger partial charge < -0.3 is 29.9 Å². The molecule has 5 atom stereocenters. The number of ether oxygens (including phenoxy) is 2. The fourth-order valence-corrected chi connectivity index (χ4v) is 2.65. The van der Waals surface area contributed by atoms with Crippen molar-refractivity contribution in [1.29, 1.82) is 0 Å². The smallest absolute Gasteiger partial charge is 0.229 e. The predicted molar refractivity (Wildman–Crippen MR) is 81.1 cm³/mol. The van der Waals surface area contributed by atoms with E-state index in [1.165, 1.54) is 6.20 Å². The normalized spacial score (nSPS) is 31.3. The number of aromatic nitrogens is 1. The van der Waals surface area contributed by atoms with E-state index in [1.54, 1.807) is 24.3 Å². The Morgan fingerprint density at radius 2 is 1.91 bits per heavy atom. The molecule has 0 unspecified atom stereocenters. The van der Waals surface area contributed by atoms with Gasteiger partial charge in [-0.15, -0.1) is 0 Å². The molecule has 0 aliphatic carbocycles. The molecule has 1 aromatic heterocycles. The van der Waals surface area contributed by atoms with Crippen molar-refractivity contribution < 1.29 is 29.9 Å².